The monoisotopic (exact) mass is 405 g/mol. The van der Waals surface area contributed by atoms with E-state index in [9.17, 15) is 4.79 Å². The summed E-state index contributed by atoms with van der Waals surface area (Å²) in [4.78, 5) is 17.3. The molecule has 1 aromatic heterocycles. The summed E-state index contributed by atoms with van der Waals surface area (Å²) in [6.45, 7) is 5.02. The minimum absolute atomic E-state index is 0.000560. The number of halogens is 1. The number of ether oxygens (including phenoxy) is 2. The SMILES string of the molecule is O=C(NCCN1CCN(c2cc(Cl)cc3c2OC=CO3)CC1)c1cccs1. The molecule has 2 aromatic rings. The summed E-state index contributed by atoms with van der Waals surface area (Å²) < 4.78 is 11.1. The number of anilines is 1. The highest BCUT2D eigenvalue weighted by Gasteiger charge is 2.23. The molecule has 0 radical (unpaired) electrons. The van der Waals surface area contributed by atoms with Crippen molar-refractivity contribution in [3.05, 3.63) is 52.1 Å². The Bertz CT molecular complexity index is 833. The lowest BCUT2D eigenvalue weighted by molar-refractivity contribution is 0.0952. The molecule has 1 amide bonds. The molecule has 0 bridgehead atoms. The molecule has 2 aliphatic heterocycles. The molecular formula is C19H20ClN3O3S. The van der Waals surface area contributed by atoms with Gasteiger partial charge >= 0.3 is 0 Å². The maximum absolute atomic E-state index is 12.0. The zero-order valence-electron chi connectivity index (χ0n) is 14.7. The minimum Gasteiger partial charge on any atom is -0.458 e. The third-order valence-electron chi connectivity index (χ3n) is 4.61. The van der Waals surface area contributed by atoms with Crippen molar-refractivity contribution in [2.75, 3.05) is 44.2 Å². The Morgan fingerprint density at radius 1 is 1.19 bits per heavy atom. The molecule has 1 saturated heterocycles. The lowest BCUT2D eigenvalue weighted by Crippen LogP contribution is -2.48. The van der Waals surface area contributed by atoms with Gasteiger partial charge in [0.1, 0.15) is 12.5 Å². The van der Waals surface area contributed by atoms with Gasteiger partial charge in [0, 0.05) is 50.4 Å². The summed E-state index contributed by atoms with van der Waals surface area (Å²) >= 11 is 7.69. The van der Waals surface area contributed by atoms with Gasteiger partial charge in [-0.25, -0.2) is 0 Å². The van der Waals surface area contributed by atoms with Gasteiger partial charge in [-0.15, -0.1) is 11.3 Å². The maximum atomic E-state index is 12.0. The normalized spacial score (nSPS) is 16.4. The van der Waals surface area contributed by atoms with Crippen LogP contribution in [0.15, 0.2) is 42.2 Å². The van der Waals surface area contributed by atoms with Crippen LogP contribution in [0.3, 0.4) is 0 Å². The third kappa shape index (κ3) is 4.21. The molecule has 0 unspecified atom stereocenters. The first-order valence-corrected chi connectivity index (χ1v) is 10.1. The van der Waals surface area contributed by atoms with Crippen LogP contribution < -0.4 is 19.7 Å². The van der Waals surface area contributed by atoms with E-state index in [1.54, 1.807) is 6.07 Å². The number of rotatable bonds is 5. The van der Waals surface area contributed by atoms with Gasteiger partial charge in [-0.05, 0) is 17.5 Å². The van der Waals surface area contributed by atoms with Crippen molar-refractivity contribution in [3.8, 4) is 11.5 Å². The smallest absolute Gasteiger partial charge is 0.261 e. The topological polar surface area (TPSA) is 54.0 Å². The summed E-state index contributed by atoms with van der Waals surface area (Å²) in [5, 5.41) is 5.51. The Labute approximate surface area is 166 Å². The molecule has 6 nitrogen and oxygen atoms in total. The van der Waals surface area contributed by atoms with Crippen LogP contribution in [0.5, 0.6) is 11.5 Å². The zero-order chi connectivity index (χ0) is 18.6. The van der Waals surface area contributed by atoms with E-state index in [0.29, 0.717) is 23.1 Å². The van der Waals surface area contributed by atoms with E-state index in [2.05, 4.69) is 15.1 Å². The summed E-state index contributed by atoms with van der Waals surface area (Å²) in [7, 11) is 0. The fraction of sp³-hybridized carbons (Fsp3) is 0.316. The number of carbonyl (C=O) groups is 1. The summed E-state index contributed by atoms with van der Waals surface area (Å²) in [6, 6.07) is 7.40. The van der Waals surface area contributed by atoms with Gasteiger partial charge < -0.3 is 19.7 Å². The largest absolute Gasteiger partial charge is 0.458 e. The Kier molecular flexibility index (Phi) is 5.52. The van der Waals surface area contributed by atoms with Crippen LogP contribution in [0.4, 0.5) is 5.69 Å². The maximum Gasteiger partial charge on any atom is 0.261 e. The highest BCUT2D eigenvalue weighted by atomic mass is 35.5. The highest BCUT2D eigenvalue weighted by molar-refractivity contribution is 7.12. The lowest BCUT2D eigenvalue weighted by Gasteiger charge is -2.37. The molecule has 8 heteroatoms. The summed E-state index contributed by atoms with van der Waals surface area (Å²) in [6.07, 6.45) is 3.04. The number of hydrogen-bond acceptors (Lipinski definition) is 6. The van der Waals surface area contributed by atoms with Crippen LogP contribution in [0, 0.1) is 0 Å². The molecule has 2 aliphatic rings. The van der Waals surface area contributed by atoms with E-state index in [0.717, 1.165) is 43.3 Å². The predicted molar refractivity (Wildman–Crippen MR) is 107 cm³/mol. The molecule has 0 atom stereocenters. The van der Waals surface area contributed by atoms with Crippen LogP contribution >= 0.6 is 22.9 Å². The lowest BCUT2D eigenvalue weighted by atomic mass is 10.2. The predicted octanol–water partition coefficient (Wildman–Crippen LogP) is 3.20. The fourth-order valence-electron chi connectivity index (χ4n) is 3.23. The number of nitrogens with zero attached hydrogens (tertiary/aromatic N) is 2. The summed E-state index contributed by atoms with van der Waals surface area (Å²) in [5.74, 6) is 1.34. The van der Waals surface area contributed by atoms with Crippen LogP contribution in [-0.4, -0.2) is 50.1 Å². The Morgan fingerprint density at radius 3 is 2.78 bits per heavy atom. The second kappa shape index (κ2) is 8.21. The second-order valence-electron chi connectivity index (χ2n) is 6.32. The molecule has 1 aromatic carbocycles. The van der Waals surface area contributed by atoms with E-state index in [-0.39, 0.29) is 5.91 Å². The molecular weight excluding hydrogens is 386 g/mol. The van der Waals surface area contributed by atoms with Gasteiger partial charge in [-0.2, -0.15) is 0 Å². The van der Waals surface area contributed by atoms with E-state index in [1.165, 1.54) is 23.9 Å². The minimum atomic E-state index is -0.000560. The third-order valence-corrected chi connectivity index (χ3v) is 5.69. The molecule has 1 fully saturated rings. The molecule has 0 aliphatic carbocycles. The van der Waals surface area contributed by atoms with Gasteiger partial charge in [0.05, 0.1) is 10.6 Å². The molecule has 4 rings (SSSR count). The number of thiophene rings is 1. The zero-order valence-corrected chi connectivity index (χ0v) is 16.3. The quantitative estimate of drug-likeness (QED) is 0.827. The number of nitrogens with one attached hydrogen (secondary N) is 1. The Hall–Kier alpha value is -2.22. The van der Waals surface area contributed by atoms with Crippen LogP contribution in [0.2, 0.25) is 5.02 Å². The highest BCUT2D eigenvalue weighted by Crippen LogP contribution is 2.42. The molecule has 0 saturated carbocycles. The average molecular weight is 406 g/mol. The van der Waals surface area contributed by atoms with Crippen LogP contribution in [-0.2, 0) is 0 Å². The van der Waals surface area contributed by atoms with E-state index in [4.69, 9.17) is 21.1 Å². The molecule has 0 spiro atoms. The molecule has 142 valence electrons. The number of benzene rings is 1. The van der Waals surface area contributed by atoms with Crippen molar-refractivity contribution >= 4 is 34.5 Å². The van der Waals surface area contributed by atoms with Crippen molar-refractivity contribution < 1.29 is 14.3 Å². The van der Waals surface area contributed by atoms with E-state index < -0.39 is 0 Å². The van der Waals surface area contributed by atoms with Gasteiger partial charge in [-0.1, -0.05) is 17.7 Å². The van der Waals surface area contributed by atoms with Crippen LogP contribution in [0.25, 0.3) is 0 Å². The Morgan fingerprint density at radius 2 is 2.00 bits per heavy atom. The van der Waals surface area contributed by atoms with E-state index >= 15 is 0 Å². The van der Waals surface area contributed by atoms with E-state index in [1.807, 2.05) is 23.6 Å². The second-order valence-corrected chi connectivity index (χ2v) is 7.71. The standard InChI is InChI=1S/C19H20ClN3O3S/c20-14-12-15(18-16(13-14)25-9-10-26-18)23-7-5-22(6-8-23)4-3-21-19(24)17-2-1-11-27-17/h1-2,9-13H,3-8H2,(H,21,24). The van der Waals surface area contributed by atoms with Crippen molar-refractivity contribution in [1.29, 1.82) is 0 Å². The molecule has 1 N–H and O–H groups in total. The average Bonchev–Trinajstić information content (AvgIpc) is 3.23. The first kappa shape index (κ1) is 18.2. The first-order chi connectivity index (χ1) is 13.2. The number of amides is 1. The fourth-order valence-corrected chi connectivity index (χ4v) is 4.07. The number of carbonyl (C=O) groups excluding carboxylic acids is 1. The van der Waals surface area contributed by atoms with Crippen molar-refractivity contribution in [3.63, 3.8) is 0 Å². The molecule has 27 heavy (non-hydrogen) atoms. The van der Waals surface area contributed by atoms with Gasteiger partial charge in [0.2, 0.25) is 0 Å². The van der Waals surface area contributed by atoms with Gasteiger partial charge in [0.15, 0.2) is 11.5 Å². The number of piperazine rings is 1. The Balaban J connectivity index is 1.30. The molecule has 3 heterocycles. The van der Waals surface area contributed by atoms with Crippen molar-refractivity contribution in [2.24, 2.45) is 0 Å². The van der Waals surface area contributed by atoms with Crippen LogP contribution in [0.1, 0.15) is 9.67 Å². The number of fused-ring (bicyclic) bond motifs is 1. The van der Waals surface area contributed by atoms with Gasteiger partial charge in [-0.3, -0.25) is 9.69 Å². The van der Waals surface area contributed by atoms with Gasteiger partial charge in [0.25, 0.3) is 5.91 Å². The first-order valence-electron chi connectivity index (χ1n) is 8.81. The van der Waals surface area contributed by atoms with Crippen molar-refractivity contribution in [2.45, 2.75) is 0 Å². The van der Waals surface area contributed by atoms with Crippen molar-refractivity contribution in [1.82, 2.24) is 10.2 Å². The summed E-state index contributed by atoms with van der Waals surface area (Å²) in [5.41, 5.74) is 0.951. The number of hydrogen-bond donors (Lipinski definition) is 1.